The van der Waals surface area contributed by atoms with E-state index in [1.165, 1.54) is 270 Å². The standard InChI is InChI=1S/C90H176O17P2/c1-9-81(6)67-59-51-43-37-31-24-20-16-12-14-18-22-26-34-40-46-56-64-72-89(94)106-85(76-100-87(92)70-62-54-45-39-33-29-28-30-36-42-50-58-66-80(4)5)78-104-108(96,97)102-74-84(91)75-103-109(98,99)105-79-86(77-101-88(93)71-63-55-49-48-53-61-69-83(8)11-3)107-90(95)73-65-57-47-41-35-27-23-19-15-13-17-21-25-32-38-44-52-60-68-82(7)10-2/h80-86,91H,9-79H2,1-8H3,(H,96,97)(H,98,99)/t81?,82?,83?,84-,85-,86-/m1/s1. The summed E-state index contributed by atoms with van der Waals surface area (Å²) >= 11 is 0. The predicted octanol–water partition coefficient (Wildman–Crippen LogP) is 27.5. The monoisotopic (exact) mass is 1590 g/mol. The highest BCUT2D eigenvalue weighted by Gasteiger charge is 2.31. The molecule has 0 saturated heterocycles. The molecule has 19 heteroatoms. The molecule has 0 bridgehead atoms. The zero-order valence-corrected chi connectivity index (χ0v) is 74.0. The van der Waals surface area contributed by atoms with Crippen LogP contribution in [0.1, 0.15) is 473 Å². The molecule has 0 rings (SSSR count). The molecule has 17 nitrogen and oxygen atoms in total. The van der Waals surface area contributed by atoms with E-state index in [0.29, 0.717) is 25.7 Å². The van der Waals surface area contributed by atoms with Crippen LogP contribution >= 0.6 is 15.6 Å². The largest absolute Gasteiger partial charge is 0.472 e. The summed E-state index contributed by atoms with van der Waals surface area (Å²) in [7, 11) is -9.94. The van der Waals surface area contributed by atoms with Gasteiger partial charge in [0.15, 0.2) is 12.2 Å². The quantitative estimate of drug-likeness (QED) is 0.0222. The van der Waals surface area contributed by atoms with Crippen molar-refractivity contribution >= 4 is 39.5 Å². The summed E-state index contributed by atoms with van der Waals surface area (Å²) in [5, 5.41) is 10.7. The van der Waals surface area contributed by atoms with Gasteiger partial charge in [-0.25, -0.2) is 9.13 Å². The predicted molar refractivity (Wildman–Crippen MR) is 451 cm³/mol. The Morgan fingerprint density at radius 3 is 0.651 bits per heavy atom. The van der Waals surface area contributed by atoms with Crippen molar-refractivity contribution in [2.75, 3.05) is 39.6 Å². The molecule has 0 spiro atoms. The van der Waals surface area contributed by atoms with E-state index >= 15 is 0 Å². The molecular weight excluding hydrogens is 1410 g/mol. The van der Waals surface area contributed by atoms with Crippen LogP contribution in [0.3, 0.4) is 0 Å². The lowest BCUT2D eigenvalue weighted by Gasteiger charge is -2.21. The summed E-state index contributed by atoms with van der Waals surface area (Å²) in [6.45, 7) is 14.4. The van der Waals surface area contributed by atoms with E-state index in [1.807, 2.05) is 0 Å². The lowest BCUT2D eigenvalue weighted by Crippen LogP contribution is -2.30. The summed E-state index contributed by atoms with van der Waals surface area (Å²) in [5.74, 6) is 1.15. The first-order chi connectivity index (χ1) is 52.7. The van der Waals surface area contributed by atoms with Crippen LogP contribution in [0.5, 0.6) is 0 Å². The molecule has 0 amide bonds. The summed E-state index contributed by atoms with van der Waals surface area (Å²) in [4.78, 5) is 73.3. The Bertz CT molecular complexity index is 2120. The van der Waals surface area contributed by atoms with Gasteiger partial charge in [-0.2, -0.15) is 0 Å². The highest BCUT2D eigenvalue weighted by Crippen LogP contribution is 2.45. The van der Waals surface area contributed by atoms with Gasteiger partial charge in [-0.05, 0) is 49.4 Å². The lowest BCUT2D eigenvalue weighted by atomic mass is 9.99. The van der Waals surface area contributed by atoms with Crippen LogP contribution in [-0.2, 0) is 65.4 Å². The fraction of sp³-hybridized carbons (Fsp3) is 0.956. The highest BCUT2D eigenvalue weighted by molar-refractivity contribution is 7.47. The molecule has 648 valence electrons. The smallest absolute Gasteiger partial charge is 0.462 e. The Kier molecular flexibility index (Phi) is 77.2. The fourth-order valence-corrected chi connectivity index (χ4v) is 15.5. The normalized spacial score (nSPS) is 14.6. The van der Waals surface area contributed by atoms with Crippen LogP contribution in [0.2, 0.25) is 0 Å². The number of esters is 4. The van der Waals surface area contributed by atoms with Crippen molar-refractivity contribution in [3.8, 4) is 0 Å². The molecule has 0 aliphatic rings. The van der Waals surface area contributed by atoms with Gasteiger partial charge >= 0.3 is 39.5 Å². The van der Waals surface area contributed by atoms with E-state index in [9.17, 15) is 43.2 Å². The van der Waals surface area contributed by atoms with Gasteiger partial charge in [0.05, 0.1) is 26.4 Å². The molecule has 5 unspecified atom stereocenters. The molecule has 0 fully saturated rings. The van der Waals surface area contributed by atoms with Crippen LogP contribution in [-0.4, -0.2) is 96.7 Å². The van der Waals surface area contributed by atoms with Gasteiger partial charge in [0.1, 0.15) is 19.3 Å². The van der Waals surface area contributed by atoms with Crippen molar-refractivity contribution in [1.29, 1.82) is 0 Å². The molecule has 0 aromatic rings. The lowest BCUT2D eigenvalue weighted by molar-refractivity contribution is -0.161. The first-order valence-electron chi connectivity index (χ1n) is 46.3. The van der Waals surface area contributed by atoms with Crippen molar-refractivity contribution in [1.82, 2.24) is 0 Å². The number of hydrogen-bond acceptors (Lipinski definition) is 15. The van der Waals surface area contributed by atoms with Gasteiger partial charge in [0.25, 0.3) is 0 Å². The Balaban J connectivity index is 5.19. The average molecular weight is 1590 g/mol. The second-order valence-corrected chi connectivity index (χ2v) is 36.5. The molecule has 109 heavy (non-hydrogen) atoms. The second kappa shape index (κ2) is 78.6. The molecule has 0 saturated carbocycles. The minimum absolute atomic E-state index is 0.107. The first kappa shape index (κ1) is 107. The highest BCUT2D eigenvalue weighted by atomic mass is 31.2. The van der Waals surface area contributed by atoms with Crippen LogP contribution in [0, 0.1) is 23.7 Å². The number of rotatable bonds is 87. The molecule has 0 radical (unpaired) electrons. The summed E-state index contributed by atoms with van der Waals surface area (Å²) in [5.41, 5.74) is 0. The van der Waals surface area contributed by atoms with Gasteiger partial charge in [-0.15, -0.1) is 0 Å². The Morgan fingerprint density at radius 2 is 0.440 bits per heavy atom. The Labute approximate surface area is 670 Å². The van der Waals surface area contributed by atoms with E-state index in [4.69, 9.17) is 37.0 Å². The zero-order chi connectivity index (χ0) is 80.2. The number of unbranched alkanes of at least 4 members (excludes halogenated alkanes) is 50. The Hall–Kier alpha value is -1.94. The molecule has 0 heterocycles. The van der Waals surface area contributed by atoms with Crippen LogP contribution in [0.4, 0.5) is 0 Å². The Morgan fingerprint density at radius 1 is 0.257 bits per heavy atom. The van der Waals surface area contributed by atoms with Crippen molar-refractivity contribution in [3.05, 3.63) is 0 Å². The average Bonchev–Trinajstić information content (AvgIpc) is 0.899. The molecule has 0 aliphatic carbocycles. The fourth-order valence-electron chi connectivity index (χ4n) is 13.9. The number of carbonyl (C=O) groups is 4. The summed E-state index contributed by atoms with van der Waals surface area (Å²) in [6, 6.07) is 0. The van der Waals surface area contributed by atoms with Gasteiger partial charge in [0.2, 0.25) is 0 Å². The van der Waals surface area contributed by atoms with E-state index in [-0.39, 0.29) is 25.7 Å². The van der Waals surface area contributed by atoms with E-state index in [1.54, 1.807) is 0 Å². The van der Waals surface area contributed by atoms with Gasteiger partial charge < -0.3 is 33.8 Å². The third kappa shape index (κ3) is 79.7. The molecule has 0 aromatic heterocycles. The maximum Gasteiger partial charge on any atom is 0.472 e. The molecule has 0 aromatic carbocycles. The molecule has 3 N–H and O–H groups in total. The maximum absolute atomic E-state index is 13.2. The molecule has 8 atom stereocenters. The van der Waals surface area contributed by atoms with E-state index in [0.717, 1.165) is 120 Å². The first-order valence-corrected chi connectivity index (χ1v) is 49.3. The van der Waals surface area contributed by atoms with Gasteiger partial charge in [0, 0.05) is 25.7 Å². The summed E-state index contributed by atoms with van der Waals surface area (Å²) in [6.07, 6.45) is 69.5. The maximum atomic E-state index is 13.2. The van der Waals surface area contributed by atoms with Crippen molar-refractivity contribution < 1.29 is 80.2 Å². The number of aliphatic hydroxyl groups is 1. The van der Waals surface area contributed by atoms with Crippen LogP contribution in [0.15, 0.2) is 0 Å². The third-order valence-corrected chi connectivity index (χ3v) is 24.1. The van der Waals surface area contributed by atoms with Gasteiger partial charge in [-0.3, -0.25) is 37.3 Å². The number of carbonyl (C=O) groups excluding carboxylic acids is 4. The second-order valence-electron chi connectivity index (χ2n) is 33.5. The SMILES string of the molecule is CCC(C)CCCCCCCCCCCCCCCCCCCCC(=O)O[C@H](COC(=O)CCCCCCCCCCCCCCC(C)C)COP(=O)(O)OC[C@@H](O)COP(=O)(O)OC[C@@H](COC(=O)CCCCCCCCC(C)CC)OC(=O)CCCCCCCCCCCCCCCCCCCCC(C)CC. The number of hydrogen-bond donors (Lipinski definition) is 3. The summed E-state index contributed by atoms with van der Waals surface area (Å²) < 4.78 is 69.0. The molecular formula is C90H176O17P2. The van der Waals surface area contributed by atoms with E-state index in [2.05, 4.69) is 55.4 Å². The van der Waals surface area contributed by atoms with Crippen molar-refractivity contribution in [3.63, 3.8) is 0 Å². The van der Waals surface area contributed by atoms with E-state index < -0.39 is 97.5 Å². The number of aliphatic hydroxyl groups excluding tert-OH is 1. The number of ether oxygens (including phenoxy) is 4. The third-order valence-electron chi connectivity index (χ3n) is 22.2. The van der Waals surface area contributed by atoms with Crippen molar-refractivity contribution in [2.24, 2.45) is 23.7 Å². The molecule has 0 aliphatic heterocycles. The number of phosphoric ester groups is 2. The zero-order valence-electron chi connectivity index (χ0n) is 72.2. The minimum Gasteiger partial charge on any atom is -0.462 e. The van der Waals surface area contributed by atoms with Crippen LogP contribution < -0.4 is 0 Å². The minimum atomic E-state index is -4.97. The van der Waals surface area contributed by atoms with Crippen molar-refractivity contribution in [2.45, 2.75) is 491 Å². The van der Waals surface area contributed by atoms with Gasteiger partial charge in [-0.1, -0.05) is 421 Å². The topological polar surface area (TPSA) is 237 Å². The number of phosphoric acid groups is 2. The van der Waals surface area contributed by atoms with Crippen LogP contribution in [0.25, 0.3) is 0 Å².